The van der Waals surface area contributed by atoms with E-state index in [1.54, 1.807) is 0 Å². The number of carbonyl (C=O) groups is 1. The lowest BCUT2D eigenvalue weighted by Crippen LogP contribution is -2.29. The summed E-state index contributed by atoms with van der Waals surface area (Å²) in [5.41, 5.74) is 0. The van der Waals surface area contributed by atoms with Gasteiger partial charge in [-0.05, 0) is 19.6 Å². The second kappa shape index (κ2) is 11.6. The van der Waals surface area contributed by atoms with Crippen LogP contribution in [0.4, 0.5) is 12.0 Å². The maximum atomic E-state index is 11.7. The normalized spacial score (nSPS) is 10.5. The van der Waals surface area contributed by atoms with Crippen LogP contribution in [0.1, 0.15) is 58.8 Å². The van der Waals surface area contributed by atoms with Crippen molar-refractivity contribution in [1.29, 1.82) is 0 Å². The molecule has 0 saturated carbocycles. The highest BCUT2D eigenvalue weighted by Gasteiger charge is 2.14. The van der Waals surface area contributed by atoms with Crippen molar-refractivity contribution in [2.24, 2.45) is 4.99 Å². The van der Waals surface area contributed by atoms with Gasteiger partial charge in [0.1, 0.15) is 6.61 Å². The van der Waals surface area contributed by atoms with Crippen molar-refractivity contribution in [3.63, 3.8) is 0 Å². The molecule has 0 spiro atoms. The molecule has 0 N–H and O–H groups in total. The number of hydrogen-bond acceptors (Lipinski definition) is 7. The van der Waals surface area contributed by atoms with Gasteiger partial charge in [-0.15, -0.1) is 0 Å². The molecule has 0 aromatic carbocycles. The number of anilines is 1. The van der Waals surface area contributed by atoms with Crippen molar-refractivity contribution in [2.75, 3.05) is 24.6 Å². The molecule has 0 atom stereocenters. The van der Waals surface area contributed by atoms with Gasteiger partial charge in [0.2, 0.25) is 0 Å². The Morgan fingerprint density at radius 3 is 2.61 bits per heavy atom. The summed E-state index contributed by atoms with van der Waals surface area (Å²) in [7, 11) is 0. The molecule has 23 heavy (non-hydrogen) atoms. The highest BCUT2D eigenvalue weighted by atomic mass is 16.5. The summed E-state index contributed by atoms with van der Waals surface area (Å²) < 4.78 is 10.6. The zero-order valence-corrected chi connectivity index (χ0v) is 14.3. The van der Waals surface area contributed by atoms with Gasteiger partial charge in [-0.1, -0.05) is 49.7 Å². The summed E-state index contributed by atoms with van der Waals surface area (Å²) in [5, 5.41) is 7.67. The Hall–Kier alpha value is -1.92. The summed E-state index contributed by atoms with van der Waals surface area (Å²) in [6.07, 6.45) is 7.01. The molecule has 0 fully saturated rings. The molecule has 0 aliphatic rings. The van der Waals surface area contributed by atoms with Crippen molar-refractivity contribution in [3.05, 3.63) is 0 Å². The monoisotopic (exact) mass is 324 g/mol. The first-order chi connectivity index (χ1) is 11.2. The number of carbonyl (C=O) groups excluding carboxylic acids is 1. The molecule has 1 aromatic rings. The van der Waals surface area contributed by atoms with Gasteiger partial charge in [-0.25, -0.2) is 4.99 Å². The average molecular weight is 324 g/mol. The minimum Gasteiger partial charge on any atom is -0.464 e. The lowest BCUT2D eigenvalue weighted by atomic mass is 10.1. The number of unbranched alkanes of at least 4 members (excludes halogenated alkanes) is 4. The molecule has 1 rings (SSSR count). The van der Waals surface area contributed by atoms with Crippen LogP contribution in [-0.2, 0) is 9.53 Å². The van der Waals surface area contributed by atoms with E-state index in [1.165, 1.54) is 19.3 Å². The highest BCUT2D eigenvalue weighted by Crippen LogP contribution is 2.17. The molecule has 1 aromatic heterocycles. The van der Waals surface area contributed by atoms with Gasteiger partial charge in [0, 0.05) is 13.0 Å². The van der Waals surface area contributed by atoms with Crippen molar-refractivity contribution < 1.29 is 13.9 Å². The van der Waals surface area contributed by atoms with Gasteiger partial charge in [0.15, 0.2) is 0 Å². The van der Waals surface area contributed by atoms with Crippen molar-refractivity contribution in [2.45, 2.75) is 58.8 Å². The summed E-state index contributed by atoms with van der Waals surface area (Å²) >= 11 is 0. The minimum absolute atomic E-state index is 0.142. The molecule has 0 unspecified atom stereocenters. The Bertz CT molecular complexity index is 462. The molecule has 1 heterocycles. The molecule has 7 heteroatoms. The third-order valence-electron chi connectivity index (χ3n) is 3.41. The fourth-order valence-corrected chi connectivity index (χ4v) is 2.19. The lowest BCUT2D eigenvalue weighted by Gasteiger charge is -2.18. The average Bonchev–Trinajstić information content (AvgIpc) is 3.03. The summed E-state index contributed by atoms with van der Waals surface area (Å²) in [5.74, 6) is -0.142. The van der Waals surface area contributed by atoms with Crippen LogP contribution in [0.25, 0.3) is 0 Å². The molecule has 0 aliphatic carbocycles. The molecule has 130 valence electrons. The summed E-state index contributed by atoms with van der Waals surface area (Å²) in [4.78, 5) is 17.2. The predicted octanol–water partition coefficient (Wildman–Crippen LogP) is 3.52. The predicted molar refractivity (Wildman–Crippen MR) is 90.3 cm³/mol. The number of hydrogen-bond donors (Lipinski definition) is 0. The first kappa shape index (κ1) is 19.1. The Morgan fingerprint density at radius 2 is 1.96 bits per heavy atom. The van der Waals surface area contributed by atoms with Crippen LogP contribution in [0.15, 0.2) is 9.41 Å². The van der Waals surface area contributed by atoms with Crippen molar-refractivity contribution in [1.82, 2.24) is 10.2 Å². The standard InChI is InChI=1S/C16H28N4O3/c1-4-6-7-8-9-10-14(21)22-13-12-20(11-5-2)16-19-18-15(17-3)23-16/h3-13H2,1-2H3. The van der Waals surface area contributed by atoms with E-state index in [0.29, 0.717) is 25.6 Å². The van der Waals surface area contributed by atoms with E-state index in [-0.39, 0.29) is 12.0 Å². The van der Waals surface area contributed by atoms with E-state index in [1.807, 2.05) is 4.90 Å². The highest BCUT2D eigenvalue weighted by molar-refractivity contribution is 5.69. The summed E-state index contributed by atoms with van der Waals surface area (Å²) in [6.45, 7) is 9.15. The molecular weight excluding hydrogens is 296 g/mol. The van der Waals surface area contributed by atoms with E-state index < -0.39 is 0 Å². The number of nitrogens with zero attached hydrogens (tertiary/aromatic N) is 4. The fraction of sp³-hybridized carbons (Fsp3) is 0.750. The van der Waals surface area contributed by atoms with E-state index >= 15 is 0 Å². The van der Waals surface area contributed by atoms with Gasteiger partial charge in [0.25, 0.3) is 0 Å². The van der Waals surface area contributed by atoms with E-state index in [9.17, 15) is 4.79 Å². The Labute approximate surface area is 138 Å². The number of ether oxygens (including phenoxy) is 1. The van der Waals surface area contributed by atoms with Crippen LogP contribution < -0.4 is 4.90 Å². The van der Waals surface area contributed by atoms with Crippen LogP contribution in [0.2, 0.25) is 0 Å². The lowest BCUT2D eigenvalue weighted by molar-refractivity contribution is -0.143. The Morgan fingerprint density at radius 1 is 1.17 bits per heavy atom. The van der Waals surface area contributed by atoms with Crippen molar-refractivity contribution in [3.8, 4) is 0 Å². The number of rotatable bonds is 13. The number of esters is 1. The van der Waals surface area contributed by atoms with Crippen LogP contribution in [0.3, 0.4) is 0 Å². The van der Waals surface area contributed by atoms with Gasteiger partial charge >= 0.3 is 18.0 Å². The van der Waals surface area contributed by atoms with E-state index in [2.05, 4.69) is 35.8 Å². The Kier molecular flexibility index (Phi) is 9.66. The van der Waals surface area contributed by atoms with Crippen LogP contribution in [0, 0.1) is 0 Å². The maximum absolute atomic E-state index is 11.7. The topological polar surface area (TPSA) is 80.8 Å². The fourth-order valence-electron chi connectivity index (χ4n) is 2.19. The molecule has 0 bridgehead atoms. The number of aromatic nitrogens is 2. The quantitative estimate of drug-likeness (QED) is 0.314. The maximum Gasteiger partial charge on any atom is 0.343 e. The molecule has 0 saturated heterocycles. The van der Waals surface area contributed by atoms with Crippen LogP contribution in [0.5, 0.6) is 0 Å². The smallest absolute Gasteiger partial charge is 0.343 e. The Balaban J connectivity index is 2.27. The largest absolute Gasteiger partial charge is 0.464 e. The van der Waals surface area contributed by atoms with Crippen molar-refractivity contribution >= 4 is 24.7 Å². The third-order valence-corrected chi connectivity index (χ3v) is 3.41. The summed E-state index contributed by atoms with van der Waals surface area (Å²) in [6, 6.07) is 0.523. The molecular formula is C16H28N4O3. The number of aliphatic imine (C=N–C) groups is 1. The second-order valence-electron chi connectivity index (χ2n) is 5.40. The first-order valence-corrected chi connectivity index (χ1v) is 8.42. The molecule has 0 aliphatic heterocycles. The van der Waals surface area contributed by atoms with Gasteiger partial charge in [-0.3, -0.25) is 4.79 Å². The van der Waals surface area contributed by atoms with E-state index in [0.717, 1.165) is 25.8 Å². The zero-order valence-electron chi connectivity index (χ0n) is 14.3. The van der Waals surface area contributed by atoms with Crippen LogP contribution in [-0.4, -0.2) is 42.6 Å². The minimum atomic E-state index is -0.142. The molecule has 0 radical (unpaired) electrons. The van der Waals surface area contributed by atoms with Crippen LogP contribution >= 0.6 is 0 Å². The molecule has 0 amide bonds. The van der Waals surface area contributed by atoms with Gasteiger partial charge in [-0.2, -0.15) is 0 Å². The van der Waals surface area contributed by atoms with E-state index in [4.69, 9.17) is 9.15 Å². The first-order valence-electron chi connectivity index (χ1n) is 8.42. The SMILES string of the molecule is C=Nc1nnc(N(CCC)CCOC(=O)CCCCCCC)o1. The molecule has 7 nitrogen and oxygen atoms in total. The zero-order chi connectivity index (χ0) is 16.9. The third kappa shape index (κ3) is 7.76. The van der Waals surface area contributed by atoms with Gasteiger partial charge in [0.05, 0.1) is 6.54 Å². The second-order valence-corrected chi connectivity index (χ2v) is 5.40. The van der Waals surface area contributed by atoms with Gasteiger partial charge < -0.3 is 14.1 Å².